The second kappa shape index (κ2) is 8.06. The van der Waals surface area contributed by atoms with Gasteiger partial charge in [-0.25, -0.2) is 0 Å². The molecule has 1 aromatic carbocycles. The third-order valence-electron chi connectivity index (χ3n) is 4.98. The summed E-state index contributed by atoms with van der Waals surface area (Å²) < 4.78 is 47.9. The number of fused-ring (bicyclic) bond motifs is 2. The van der Waals surface area contributed by atoms with E-state index in [2.05, 4.69) is 15.0 Å². The molecular weight excluding hydrogens is 423 g/mol. The van der Waals surface area contributed by atoms with Gasteiger partial charge in [0.15, 0.2) is 0 Å². The Labute approximate surface area is 173 Å². The van der Waals surface area contributed by atoms with Crippen LogP contribution in [-0.4, -0.2) is 57.4 Å². The first-order valence-corrected chi connectivity index (χ1v) is 9.40. The molecule has 2 aliphatic rings. The number of hydrogen-bond donors (Lipinski definition) is 1. The number of imidazole rings is 1. The molecule has 0 bridgehead atoms. The highest BCUT2D eigenvalue weighted by Gasteiger charge is 2.32. The SMILES string of the molecule is O=C(CN1CCc2cc(OC(F)(F)F)ccc2C1)N[C@@H]1COc2nc([N+](=O)[O-])cn2C1. The molecule has 2 aliphatic heterocycles. The Balaban J connectivity index is 1.30. The summed E-state index contributed by atoms with van der Waals surface area (Å²) in [6.07, 6.45) is -2.99. The van der Waals surface area contributed by atoms with Crippen LogP contribution in [0.25, 0.3) is 0 Å². The van der Waals surface area contributed by atoms with Crippen LogP contribution in [0.3, 0.4) is 0 Å². The predicted octanol–water partition coefficient (Wildman–Crippen LogP) is 1.63. The largest absolute Gasteiger partial charge is 0.573 e. The minimum atomic E-state index is -4.74. The molecule has 0 spiro atoms. The summed E-state index contributed by atoms with van der Waals surface area (Å²) in [5.41, 5.74) is 1.60. The Morgan fingerprint density at radius 2 is 2.19 bits per heavy atom. The fourth-order valence-corrected chi connectivity index (χ4v) is 3.67. The van der Waals surface area contributed by atoms with E-state index in [1.165, 1.54) is 22.9 Å². The second-order valence-electron chi connectivity index (χ2n) is 7.31. The number of halogens is 3. The molecule has 1 atom stereocenters. The molecule has 3 heterocycles. The van der Waals surface area contributed by atoms with Gasteiger partial charge in [-0.1, -0.05) is 6.07 Å². The van der Waals surface area contributed by atoms with E-state index in [1.54, 1.807) is 6.07 Å². The summed E-state index contributed by atoms with van der Waals surface area (Å²) >= 11 is 0. The fourth-order valence-electron chi connectivity index (χ4n) is 3.67. The molecule has 0 saturated heterocycles. The molecule has 2 aromatic rings. The van der Waals surface area contributed by atoms with Crippen molar-refractivity contribution >= 4 is 11.7 Å². The fraction of sp³-hybridized carbons (Fsp3) is 0.444. The maximum absolute atomic E-state index is 12.4. The highest BCUT2D eigenvalue weighted by Crippen LogP contribution is 2.28. The maximum Gasteiger partial charge on any atom is 0.573 e. The van der Waals surface area contributed by atoms with Crippen molar-refractivity contribution in [3.63, 3.8) is 0 Å². The van der Waals surface area contributed by atoms with E-state index < -0.39 is 11.3 Å². The molecule has 0 aliphatic carbocycles. The zero-order chi connectivity index (χ0) is 22.2. The van der Waals surface area contributed by atoms with E-state index in [-0.39, 0.29) is 42.7 Å². The molecule has 0 radical (unpaired) electrons. The third-order valence-corrected chi connectivity index (χ3v) is 4.98. The van der Waals surface area contributed by atoms with Crippen LogP contribution in [0.1, 0.15) is 11.1 Å². The lowest BCUT2D eigenvalue weighted by atomic mass is 9.99. The number of alkyl halides is 3. The molecule has 1 aromatic heterocycles. The molecule has 166 valence electrons. The topological polar surface area (TPSA) is 112 Å². The highest BCUT2D eigenvalue weighted by atomic mass is 19.4. The van der Waals surface area contributed by atoms with E-state index in [1.807, 2.05) is 4.90 Å². The number of carbonyl (C=O) groups is 1. The van der Waals surface area contributed by atoms with Gasteiger partial charge in [-0.3, -0.25) is 14.3 Å². The Hall–Kier alpha value is -3.35. The summed E-state index contributed by atoms with van der Waals surface area (Å²) in [5.74, 6) is -0.821. The maximum atomic E-state index is 12.4. The van der Waals surface area contributed by atoms with E-state index >= 15 is 0 Å². The van der Waals surface area contributed by atoms with Crippen LogP contribution in [-0.2, 0) is 24.3 Å². The van der Waals surface area contributed by atoms with Crippen molar-refractivity contribution in [1.82, 2.24) is 19.8 Å². The Bertz CT molecular complexity index is 1010. The van der Waals surface area contributed by atoms with Crippen LogP contribution in [0.2, 0.25) is 0 Å². The standard InChI is InChI=1S/C18H18F3N5O5/c19-18(20,21)31-14-2-1-12-6-24(4-3-11(12)5-14)9-16(27)22-13-7-25-8-15(26(28)29)23-17(25)30-10-13/h1-2,5,8,13H,3-4,6-7,9-10H2,(H,22,27)/t13-/m0/s1. The average molecular weight is 441 g/mol. The monoisotopic (exact) mass is 441 g/mol. The minimum Gasteiger partial charge on any atom is -0.444 e. The van der Waals surface area contributed by atoms with E-state index in [0.717, 1.165) is 11.1 Å². The number of ether oxygens (including phenoxy) is 2. The van der Waals surface area contributed by atoms with Crippen LogP contribution in [0.4, 0.5) is 19.0 Å². The Kier molecular flexibility index (Phi) is 5.43. The van der Waals surface area contributed by atoms with Crippen LogP contribution >= 0.6 is 0 Å². The molecule has 1 N–H and O–H groups in total. The molecule has 31 heavy (non-hydrogen) atoms. The van der Waals surface area contributed by atoms with Crippen molar-refractivity contribution < 1.29 is 32.4 Å². The lowest BCUT2D eigenvalue weighted by Gasteiger charge is -2.29. The number of benzene rings is 1. The van der Waals surface area contributed by atoms with Crippen molar-refractivity contribution in [2.24, 2.45) is 0 Å². The van der Waals surface area contributed by atoms with Crippen LogP contribution in [0.15, 0.2) is 24.4 Å². The summed E-state index contributed by atoms with van der Waals surface area (Å²) in [6, 6.07) is 3.98. The van der Waals surface area contributed by atoms with Crippen molar-refractivity contribution in [2.75, 3.05) is 19.7 Å². The minimum absolute atomic E-state index is 0.105. The average Bonchev–Trinajstić information content (AvgIpc) is 3.10. The van der Waals surface area contributed by atoms with Gasteiger partial charge in [0.2, 0.25) is 5.91 Å². The summed E-state index contributed by atoms with van der Waals surface area (Å²) in [4.78, 5) is 28.3. The van der Waals surface area contributed by atoms with E-state index in [0.29, 0.717) is 26.1 Å². The molecule has 0 fully saturated rings. The van der Waals surface area contributed by atoms with Gasteiger partial charge in [0.1, 0.15) is 18.6 Å². The molecule has 4 rings (SSSR count). The first-order valence-electron chi connectivity index (χ1n) is 9.40. The number of rotatable bonds is 5. The Morgan fingerprint density at radius 1 is 1.39 bits per heavy atom. The summed E-state index contributed by atoms with van der Waals surface area (Å²) in [5, 5.41) is 13.6. The van der Waals surface area contributed by atoms with Gasteiger partial charge >= 0.3 is 18.2 Å². The second-order valence-corrected chi connectivity index (χ2v) is 7.31. The number of nitro groups is 1. The highest BCUT2D eigenvalue weighted by molar-refractivity contribution is 5.78. The number of aromatic nitrogens is 2. The van der Waals surface area contributed by atoms with Crippen molar-refractivity contribution in [3.05, 3.63) is 45.6 Å². The molecule has 1 amide bonds. The third kappa shape index (κ3) is 5.05. The van der Waals surface area contributed by atoms with Crippen molar-refractivity contribution in [1.29, 1.82) is 0 Å². The predicted molar refractivity (Wildman–Crippen MR) is 98.4 cm³/mol. The number of nitrogens with one attached hydrogen (secondary N) is 1. The normalized spacial score (nSPS) is 18.5. The zero-order valence-corrected chi connectivity index (χ0v) is 16.1. The van der Waals surface area contributed by atoms with Gasteiger partial charge in [0.25, 0.3) is 0 Å². The van der Waals surface area contributed by atoms with Crippen molar-refractivity contribution in [2.45, 2.75) is 31.9 Å². The first-order chi connectivity index (χ1) is 14.7. The van der Waals surface area contributed by atoms with Gasteiger partial charge in [-0.15, -0.1) is 13.2 Å². The molecular formula is C18H18F3N5O5. The first kappa shape index (κ1) is 20.9. The number of hydrogen-bond acceptors (Lipinski definition) is 7. The van der Waals surface area contributed by atoms with Gasteiger partial charge in [-0.2, -0.15) is 0 Å². The number of amides is 1. The summed E-state index contributed by atoms with van der Waals surface area (Å²) in [7, 11) is 0. The quantitative estimate of drug-likeness (QED) is 0.554. The lowest BCUT2D eigenvalue weighted by molar-refractivity contribution is -0.389. The van der Waals surface area contributed by atoms with Gasteiger partial charge in [0.05, 0.1) is 19.1 Å². The Morgan fingerprint density at radius 3 is 2.94 bits per heavy atom. The smallest absolute Gasteiger partial charge is 0.444 e. The van der Waals surface area contributed by atoms with E-state index in [4.69, 9.17) is 4.74 Å². The van der Waals surface area contributed by atoms with Crippen LogP contribution in [0, 0.1) is 10.1 Å². The van der Waals surface area contributed by atoms with Gasteiger partial charge in [-0.05, 0) is 34.6 Å². The number of carbonyl (C=O) groups excluding carboxylic acids is 1. The molecule has 10 nitrogen and oxygen atoms in total. The zero-order valence-electron chi connectivity index (χ0n) is 16.1. The van der Waals surface area contributed by atoms with Crippen LogP contribution < -0.4 is 14.8 Å². The van der Waals surface area contributed by atoms with Gasteiger partial charge in [0, 0.05) is 18.1 Å². The summed E-state index contributed by atoms with van der Waals surface area (Å²) in [6.45, 7) is 1.48. The van der Waals surface area contributed by atoms with Gasteiger partial charge < -0.3 is 24.9 Å². The molecule has 0 unspecified atom stereocenters. The lowest BCUT2D eigenvalue weighted by Crippen LogP contribution is -2.48. The van der Waals surface area contributed by atoms with Crippen LogP contribution in [0.5, 0.6) is 11.8 Å². The number of nitrogens with zero attached hydrogens (tertiary/aromatic N) is 4. The molecule has 0 saturated carbocycles. The van der Waals surface area contributed by atoms with Crippen molar-refractivity contribution in [3.8, 4) is 11.8 Å². The molecule has 13 heteroatoms. The van der Waals surface area contributed by atoms with E-state index in [9.17, 15) is 28.1 Å².